The van der Waals surface area contributed by atoms with Crippen molar-refractivity contribution in [3.63, 3.8) is 0 Å². The van der Waals surface area contributed by atoms with Crippen LogP contribution in [0.2, 0.25) is 5.28 Å². The maximum absolute atomic E-state index is 9.73. The molecule has 0 spiro atoms. The molecule has 2 heterocycles. The number of nitrogens with zero attached hydrogens (tertiary/aromatic N) is 4. The Balaban J connectivity index is 2.10. The SMILES string of the molecule is Oc1ccccc1Nc1ncnc2cnc(Cl)nc12. The summed E-state index contributed by atoms with van der Waals surface area (Å²) in [4.78, 5) is 16.1. The van der Waals surface area contributed by atoms with Gasteiger partial charge in [0.1, 0.15) is 23.1 Å². The molecule has 0 aliphatic rings. The number of phenolic OH excluding ortho intramolecular Hbond substituents is 1. The maximum atomic E-state index is 9.73. The second-order valence-corrected chi connectivity index (χ2v) is 4.08. The highest BCUT2D eigenvalue weighted by atomic mass is 35.5. The summed E-state index contributed by atoms with van der Waals surface area (Å²) in [6.45, 7) is 0. The Bertz CT molecular complexity index is 749. The summed E-state index contributed by atoms with van der Waals surface area (Å²) in [5.74, 6) is 0.574. The molecule has 3 rings (SSSR count). The van der Waals surface area contributed by atoms with E-state index in [9.17, 15) is 5.11 Å². The zero-order valence-electron chi connectivity index (χ0n) is 9.58. The van der Waals surface area contributed by atoms with Gasteiger partial charge >= 0.3 is 0 Å². The third-order valence-corrected chi connectivity index (χ3v) is 2.69. The van der Waals surface area contributed by atoms with Crippen LogP contribution < -0.4 is 5.32 Å². The van der Waals surface area contributed by atoms with Crippen molar-refractivity contribution in [2.75, 3.05) is 5.32 Å². The fourth-order valence-electron chi connectivity index (χ4n) is 1.63. The topological polar surface area (TPSA) is 83.8 Å². The van der Waals surface area contributed by atoms with Crippen molar-refractivity contribution >= 4 is 34.1 Å². The first-order valence-electron chi connectivity index (χ1n) is 5.42. The number of phenols is 1. The van der Waals surface area contributed by atoms with Gasteiger partial charge in [-0.15, -0.1) is 0 Å². The summed E-state index contributed by atoms with van der Waals surface area (Å²) in [5.41, 5.74) is 1.58. The van der Waals surface area contributed by atoms with Gasteiger partial charge in [0.05, 0.1) is 11.9 Å². The molecular weight excluding hydrogens is 266 g/mol. The Morgan fingerprint density at radius 2 is 1.95 bits per heavy atom. The third kappa shape index (κ3) is 2.25. The number of para-hydroxylation sites is 2. The lowest BCUT2D eigenvalue weighted by molar-refractivity contribution is 0.478. The van der Waals surface area contributed by atoms with Crippen LogP contribution in [0, 0.1) is 0 Å². The Kier molecular flexibility index (Phi) is 2.85. The van der Waals surface area contributed by atoms with Crippen molar-refractivity contribution in [1.82, 2.24) is 19.9 Å². The number of hydrogen-bond donors (Lipinski definition) is 2. The highest BCUT2D eigenvalue weighted by Crippen LogP contribution is 2.27. The number of benzene rings is 1. The number of halogens is 1. The lowest BCUT2D eigenvalue weighted by atomic mass is 10.3. The quantitative estimate of drug-likeness (QED) is 0.551. The van der Waals surface area contributed by atoms with Crippen LogP contribution >= 0.6 is 11.6 Å². The zero-order valence-corrected chi connectivity index (χ0v) is 10.3. The zero-order chi connectivity index (χ0) is 13.2. The molecule has 0 radical (unpaired) electrons. The molecule has 0 fully saturated rings. The molecule has 3 aromatic rings. The van der Waals surface area contributed by atoms with Crippen LogP contribution in [0.3, 0.4) is 0 Å². The Morgan fingerprint density at radius 3 is 2.79 bits per heavy atom. The maximum Gasteiger partial charge on any atom is 0.223 e. The predicted octanol–water partition coefficient (Wildman–Crippen LogP) is 2.52. The molecule has 0 aliphatic carbocycles. The Morgan fingerprint density at radius 1 is 1.11 bits per heavy atom. The van der Waals surface area contributed by atoms with E-state index in [2.05, 4.69) is 25.3 Å². The van der Waals surface area contributed by atoms with Gasteiger partial charge < -0.3 is 10.4 Å². The highest BCUT2D eigenvalue weighted by molar-refractivity contribution is 6.28. The van der Waals surface area contributed by atoms with Gasteiger partial charge in [0.15, 0.2) is 5.82 Å². The number of anilines is 2. The molecule has 2 N–H and O–H groups in total. The number of aromatic hydroxyl groups is 1. The molecule has 6 nitrogen and oxygen atoms in total. The van der Waals surface area contributed by atoms with Crippen molar-refractivity contribution in [3.05, 3.63) is 42.1 Å². The van der Waals surface area contributed by atoms with E-state index in [1.807, 2.05) is 0 Å². The molecule has 0 saturated carbocycles. The number of rotatable bonds is 2. The van der Waals surface area contributed by atoms with Gasteiger partial charge in [0, 0.05) is 0 Å². The van der Waals surface area contributed by atoms with E-state index in [0.29, 0.717) is 22.5 Å². The van der Waals surface area contributed by atoms with E-state index >= 15 is 0 Å². The average Bonchev–Trinajstić information content (AvgIpc) is 2.42. The second kappa shape index (κ2) is 4.66. The molecular formula is C12H8ClN5O. The fraction of sp³-hybridized carbons (Fsp3) is 0. The standard InChI is InChI=1S/C12H8ClN5O/c13-12-14-5-8-10(18-12)11(16-6-15-8)17-7-3-1-2-4-9(7)19/h1-6,19H,(H,15,16,17). The van der Waals surface area contributed by atoms with E-state index in [1.54, 1.807) is 24.3 Å². The van der Waals surface area contributed by atoms with Gasteiger partial charge in [0.2, 0.25) is 5.28 Å². The molecule has 94 valence electrons. The van der Waals surface area contributed by atoms with Crippen LogP contribution in [0.25, 0.3) is 11.0 Å². The summed E-state index contributed by atoms with van der Waals surface area (Å²) >= 11 is 5.77. The number of fused-ring (bicyclic) bond motifs is 1. The molecule has 0 aliphatic heterocycles. The summed E-state index contributed by atoms with van der Waals surface area (Å²) in [6, 6.07) is 6.84. The van der Waals surface area contributed by atoms with Crippen LogP contribution in [0.1, 0.15) is 0 Å². The Hall–Kier alpha value is -2.47. The molecule has 0 saturated heterocycles. The van der Waals surface area contributed by atoms with E-state index < -0.39 is 0 Å². The van der Waals surface area contributed by atoms with Crippen molar-refractivity contribution in [1.29, 1.82) is 0 Å². The van der Waals surface area contributed by atoms with Gasteiger partial charge in [-0.2, -0.15) is 0 Å². The molecule has 2 aromatic heterocycles. The summed E-state index contributed by atoms with van der Waals surface area (Å²) in [6.07, 6.45) is 2.91. The van der Waals surface area contributed by atoms with Gasteiger partial charge in [-0.1, -0.05) is 12.1 Å². The summed E-state index contributed by atoms with van der Waals surface area (Å²) in [7, 11) is 0. The summed E-state index contributed by atoms with van der Waals surface area (Å²) in [5, 5.41) is 12.8. The largest absolute Gasteiger partial charge is 0.506 e. The third-order valence-electron chi connectivity index (χ3n) is 2.51. The number of hydrogen-bond acceptors (Lipinski definition) is 6. The molecule has 0 bridgehead atoms. The normalized spacial score (nSPS) is 10.6. The monoisotopic (exact) mass is 273 g/mol. The van der Waals surface area contributed by atoms with E-state index in [4.69, 9.17) is 11.6 Å². The van der Waals surface area contributed by atoms with Crippen molar-refractivity contribution in [3.8, 4) is 5.75 Å². The van der Waals surface area contributed by atoms with Gasteiger partial charge in [0.25, 0.3) is 0 Å². The van der Waals surface area contributed by atoms with E-state index in [-0.39, 0.29) is 11.0 Å². The lowest BCUT2D eigenvalue weighted by Gasteiger charge is -2.08. The van der Waals surface area contributed by atoms with Gasteiger partial charge in [-0.25, -0.2) is 19.9 Å². The van der Waals surface area contributed by atoms with Gasteiger partial charge in [-0.3, -0.25) is 0 Å². The number of nitrogens with one attached hydrogen (secondary N) is 1. The van der Waals surface area contributed by atoms with Crippen LogP contribution in [0.5, 0.6) is 5.75 Å². The van der Waals surface area contributed by atoms with Crippen molar-refractivity contribution in [2.24, 2.45) is 0 Å². The minimum atomic E-state index is 0.114. The first-order chi connectivity index (χ1) is 9.24. The molecule has 0 amide bonds. The lowest BCUT2D eigenvalue weighted by Crippen LogP contribution is -1.98. The first-order valence-corrected chi connectivity index (χ1v) is 5.80. The Labute approximate surface area is 113 Å². The van der Waals surface area contributed by atoms with E-state index in [0.717, 1.165) is 0 Å². The van der Waals surface area contributed by atoms with Crippen LogP contribution in [0.4, 0.5) is 11.5 Å². The smallest absolute Gasteiger partial charge is 0.223 e. The minimum absolute atomic E-state index is 0.114. The molecule has 0 unspecified atom stereocenters. The van der Waals surface area contributed by atoms with Crippen LogP contribution in [-0.2, 0) is 0 Å². The molecule has 1 aromatic carbocycles. The number of aromatic nitrogens is 4. The van der Waals surface area contributed by atoms with Crippen molar-refractivity contribution < 1.29 is 5.11 Å². The van der Waals surface area contributed by atoms with Crippen LogP contribution in [-0.4, -0.2) is 25.0 Å². The minimum Gasteiger partial charge on any atom is -0.506 e. The predicted molar refractivity (Wildman–Crippen MR) is 71.5 cm³/mol. The second-order valence-electron chi connectivity index (χ2n) is 3.74. The van der Waals surface area contributed by atoms with Crippen LogP contribution in [0.15, 0.2) is 36.8 Å². The average molecular weight is 274 g/mol. The highest BCUT2D eigenvalue weighted by Gasteiger charge is 2.08. The van der Waals surface area contributed by atoms with Gasteiger partial charge in [-0.05, 0) is 23.7 Å². The first kappa shape index (κ1) is 11.6. The summed E-state index contributed by atoms with van der Waals surface area (Å²) < 4.78 is 0. The molecule has 7 heteroatoms. The van der Waals surface area contributed by atoms with Crippen molar-refractivity contribution in [2.45, 2.75) is 0 Å². The molecule has 0 atom stereocenters. The molecule has 19 heavy (non-hydrogen) atoms. The van der Waals surface area contributed by atoms with E-state index in [1.165, 1.54) is 12.5 Å². The fourth-order valence-corrected chi connectivity index (χ4v) is 1.76.